The molecule has 1 aliphatic rings. The van der Waals surface area contributed by atoms with Crippen molar-refractivity contribution in [3.8, 4) is 5.69 Å². The Hall–Kier alpha value is -1.21. The molecule has 0 spiro atoms. The summed E-state index contributed by atoms with van der Waals surface area (Å²) in [6.45, 7) is 0. The SMILES string of the molecule is Clc1cc(C2CC2)n(-c2ccccc2)c1. The number of halogens is 1. The number of hydrogen-bond acceptors (Lipinski definition) is 0. The number of rotatable bonds is 2. The van der Waals surface area contributed by atoms with Gasteiger partial charge in [-0.3, -0.25) is 0 Å². The van der Waals surface area contributed by atoms with Crippen LogP contribution < -0.4 is 0 Å². The minimum absolute atomic E-state index is 0.720. The van der Waals surface area contributed by atoms with Crippen LogP contribution in [0.25, 0.3) is 5.69 Å². The maximum absolute atomic E-state index is 6.07. The molecule has 15 heavy (non-hydrogen) atoms. The lowest BCUT2D eigenvalue weighted by Gasteiger charge is -2.07. The Morgan fingerprint density at radius 3 is 2.53 bits per heavy atom. The molecule has 0 N–H and O–H groups in total. The van der Waals surface area contributed by atoms with Gasteiger partial charge in [0, 0.05) is 17.6 Å². The second-order valence-corrected chi connectivity index (χ2v) is 4.50. The molecule has 0 amide bonds. The molecule has 0 aliphatic heterocycles. The van der Waals surface area contributed by atoms with E-state index in [1.54, 1.807) is 0 Å². The highest BCUT2D eigenvalue weighted by molar-refractivity contribution is 6.30. The summed E-state index contributed by atoms with van der Waals surface area (Å²) in [7, 11) is 0. The van der Waals surface area contributed by atoms with Crippen molar-refractivity contribution in [2.75, 3.05) is 0 Å². The first-order chi connectivity index (χ1) is 7.34. The van der Waals surface area contributed by atoms with Crippen molar-refractivity contribution in [1.29, 1.82) is 0 Å². The molecule has 1 heterocycles. The number of hydrogen-bond donors (Lipinski definition) is 0. The van der Waals surface area contributed by atoms with E-state index in [9.17, 15) is 0 Å². The first-order valence-corrected chi connectivity index (χ1v) is 5.65. The second kappa shape index (κ2) is 3.42. The van der Waals surface area contributed by atoms with Gasteiger partial charge in [0.15, 0.2) is 0 Å². The molecule has 1 aliphatic carbocycles. The van der Waals surface area contributed by atoms with Gasteiger partial charge in [-0.15, -0.1) is 0 Å². The summed E-state index contributed by atoms with van der Waals surface area (Å²) in [5.41, 5.74) is 2.55. The Bertz CT molecular complexity index is 469. The highest BCUT2D eigenvalue weighted by Crippen LogP contribution is 2.42. The Kier molecular flexibility index (Phi) is 2.06. The Balaban J connectivity index is 2.10. The third kappa shape index (κ3) is 1.68. The second-order valence-electron chi connectivity index (χ2n) is 4.06. The molecule has 2 aromatic rings. The van der Waals surface area contributed by atoms with E-state index in [0.717, 1.165) is 10.9 Å². The van der Waals surface area contributed by atoms with E-state index in [4.69, 9.17) is 11.6 Å². The van der Waals surface area contributed by atoms with Gasteiger partial charge in [0.2, 0.25) is 0 Å². The van der Waals surface area contributed by atoms with E-state index in [-0.39, 0.29) is 0 Å². The molecular weight excluding hydrogens is 206 g/mol. The number of benzene rings is 1. The third-order valence-electron chi connectivity index (χ3n) is 2.85. The van der Waals surface area contributed by atoms with Gasteiger partial charge >= 0.3 is 0 Å². The van der Waals surface area contributed by atoms with Gasteiger partial charge in [0.25, 0.3) is 0 Å². The van der Waals surface area contributed by atoms with Crippen molar-refractivity contribution in [3.63, 3.8) is 0 Å². The van der Waals surface area contributed by atoms with Crippen LogP contribution in [0.15, 0.2) is 42.6 Å². The summed E-state index contributed by atoms with van der Waals surface area (Å²) in [6.07, 6.45) is 4.60. The molecular formula is C13H12ClN. The first-order valence-electron chi connectivity index (χ1n) is 5.28. The van der Waals surface area contributed by atoms with E-state index < -0.39 is 0 Å². The fraction of sp³-hybridized carbons (Fsp3) is 0.231. The van der Waals surface area contributed by atoms with Crippen molar-refractivity contribution in [3.05, 3.63) is 53.3 Å². The normalized spacial score (nSPS) is 15.5. The molecule has 0 radical (unpaired) electrons. The smallest absolute Gasteiger partial charge is 0.0589 e. The number of para-hydroxylation sites is 1. The van der Waals surface area contributed by atoms with Crippen molar-refractivity contribution in [2.24, 2.45) is 0 Å². The lowest BCUT2D eigenvalue weighted by molar-refractivity contribution is 0.927. The van der Waals surface area contributed by atoms with E-state index in [0.29, 0.717) is 0 Å². The first kappa shape index (κ1) is 9.05. The third-order valence-corrected chi connectivity index (χ3v) is 3.05. The highest BCUT2D eigenvalue weighted by atomic mass is 35.5. The molecule has 1 aromatic heterocycles. The van der Waals surface area contributed by atoms with Crippen molar-refractivity contribution >= 4 is 11.6 Å². The molecule has 0 bridgehead atoms. The fourth-order valence-electron chi connectivity index (χ4n) is 1.95. The topological polar surface area (TPSA) is 4.93 Å². The predicted molar refractivity (Wildman–Crippen MR) is 62.8 cm³/mol. The molecule has 0 saturated heterocycles. The largest absolute Gasteiger partial charge is 0.319 e. The van der Waals surface area contributed by atoms with Gasteiger partial charge in [-0.05, 0) is 37.0 Å². The summed E-state index contributed by atoms with van der Waals surface area (Å²) < 4.78 is 2.21. The van der Waals surface area contributed by atoms with E-state index in [1.807, 2.05) is 12.3 Å². The van der Waals surface area contributed by atoms with E-state index in [2.05, 4.69) is 34.9 Å². The van der Waals surface area contributed by atoms with Crippen LogP contribution in [-0.2, 0) is 0 Å². The van der Waals surface area contributed by atoms with Crippen molar-refractivity contribution in [2.45, 2.75) is 18.8 Å². The molecule has 3 rings (SSSR count). The zero-order valence-electron chi connectivity index (χ0n) is 8.36. The van der Waals surface area contributed by atoms with Crippen LogP contribution in [0, 0.1) is 0 Å². The number of aromatic nitrogens is 1. The van der Waals surface area contributed by atoms with Crippen LogP contribution in [0.3, 0.4) is 0 Å². The molecule has 1 saturated carbocycles. The molecule has 0 unspecified atom stereocenters. The van der Waals surface area contributed by atoms with Crippen LogP contribution >= 0.6 is 11.6 Å². The molecule has 0 atom stereocenters. The molecule has 1 fully saturated rings. The standard InChI is InChI=1S/C13H12ClN/c14-11-8-13(10-6-7-10)15(9-11)12-4-2-1-3-5-12/h1-5,8-10H,6-7H2. The Morgan fingerprint density at radius 1 is 1.13 bits per heavy atom. The predicted octanol–water partition coefficient (Wildman–Crippen LogP) is 4.01. The Labute approximate surface area is 94.3 Å². The van der Waals surface area contributed by atoms with Crippen LogP contribution in [-0.4, -0.2) is 4.57 Å². The van der Waals surface area contributed by atoms with Gasteiger partial charge in [-0.1, -0.05) is 29.8 Å². The summed E-state index contributed by atoms with van der Waals surface area (Å²) in [6, 6.07) is 12.5. The fourth-order valence-corrected chi connectivity index (χ4v) is 2.16. The van der Waals surface area contributed by atoms with Gasteiger partial charge < -0.3 is 4.57 Å². The summed E-state index contributed by atoms with van der Waals surface area (Å²) in [5.74, 6) is 0.720. The lowest BCUT2D eigenvalue weighted by Crippen LogP contribution is -1.96. The maximum atomic E-state index is 6.07. The average Bonchev–Trinajstić information content (AvgIpc) is 3.03. The van der Waals surface area contributed by atoms with E-state index >= 15 is 0 Å². The van der Waals surface area contributed by atoms with Crippen LogP contribution in [0.1, 0.15) is 24.5 Å². The molecule has 1 nitrogen and oxygen atoms in total. The van der Waals surface area contributed by atoms with Gasteiger partial charge in [-0.2, -0.15) is 0 Å². The van der Waals surface area contributed by atoms with Crippen molar-refractivity contribution < 1.29 is 0 Å². The molecule has 1 aromatic carbocycles. The monoisotopic (exact) mass is 217 g/mol. The Morgan fingerprint density at radius 2 is 1.87 bits per heavy atom. The lowest BCUT2D eigenvalue weighted by atomic mass is 10.2. The molecule has 2 heteroatoms. The van der Waals surface area contributed by atoms with Gasteiger partial charge in [0.1, 0.15) is 0 Å². The van der Waals surface area contributed by atoms with Crippen LogP contribution in [0.4, 0.5) is 0 Å². The van der Waals surface area contributed by atoms with Crippen LogP contribution in [0.5, 0.6) is 0 Å². The van der Waals surface area contributed by atoms with Gasteiger partial charge in [0.05, 0.1) is 5.02 Å². The van der Waals surface area contributed by atoms with E-state index in [1.165, 1.54) is 24.2 Å². The quantitative estimate of drug-likeness (QED) is 0.717. The number of nitrogens with zero attached hydrogens (tertiary/aromatic N) is 1. The summed E-state index contributed by atoms with van der Waals surface area (Å²) in [4.78, 5) is 0. The molecule has 76 valence electrons. The summed E-state index contributed by atoms with van der Waals surface area (Å²) in [5, 5.41) is 0.834. The minimum atomic E-state index is 0.720. The van der Waals surface area contributed by atoms with Crippen LogP contribution in [0.2, 0.25) is 5.02 Å². The highest BCUT2D eigenvalue weighted by Gasteiger charge is 2.27. The van der Waals surface area contributed by atoms with Crippen molar-refractivity contribution in [1.82, 2.24) is 4.57 Å². The average molecular weight is 218 g/mol. The van der Waals surface area contributed by atoms with Gasteiger partial charge in [-0.25, -0.2) is 0 Å². The zero-order chi connectivity index (χ0) is 10.3. The zero-order valence-corrected chi connectivity index (χ0v) is 9.11. The maximum Gasteiger partial charge on any atom is 0.0589 e. The minimum Gasteiger partial charge on any atom is -0.319 e. The summed E-state index contributed by atoms with van der Waals surface area (Å²) >= 11 is 6.07.